The summed E-state index contributed by atoms with van der Waals surface area (Å²) in [6.45, 7) is 2.20. The second-order valence-corrected chi connectivity index (χ2v) is 5.67. The highest BCUT2D eigenvalue weighted by Gasteiger charge is 2.44. The van der Waals surface area contributed by atoms with Gasteiger partial charge in [-0.15, -0.1) is 0 Å². The summed E-state index contributed by atoms with van der Waals surface area (Å²) in [4.78, 5) is 4.46. The number of ether oxygens (including phenoxy) is 1. The van der Waals surface area contributed by atoms with Gasteiger partial charge in [0.15, 0.2) is 5.82 Å². The summed E-state index contributed by atoms with van der Waals surface area (Å²) >= 11 is 0. The second-order valence-electron chi connectivity index (χ2n) is 5.67. The Morgan fingerprint density at radius 3 is 2.80 bits per heavy atom. The highest BCUT2D eigenvalue weighted by molar-refractivity contribution is 5.30. The number of methoxy groups -OCH3 is 1. The molecule has 1 heterocycles. The number of hydrogen-bond acceptors (Lipinski definition) is 5. The number of nitrogens with zero attached hydrogens (tertiary/aromatic N) is 2. The van der Waals surface area contributed by atoms with Crippen LogP contribution in [0.15, 0.2) is 34.9 Å². The minimum Gasteiger partial charge on any atom is -0.382 e. The van der Waals surface area contributed by atoms with Crippen LogP contribution in [0, 0.1) is 0 Å². The molecule has 0 saturated heterocycles. The molecular weight excluding hydrogens is 254 g/mol. The van der Waals surface area contributed by atoms with Crippen molar-refractivity contribution in [3.8, 4) is 0 Å². The van der Waals surface area contributed by atoms with Crippen LogP contribution in [0.3, 0.4) is 0 Å². The van der Waals surface area contributed by atoms with Crippen molar-refractivity contribution in [1.29, 1.82) is 0 Å². The fourth-order valence-corrected chi connectivity index (χ4v) is 2.52. The Balaban J connectivity index is 1.73. The number of hydrogen-bond donors (Lipinski definition) is 1. The lowest BCUT2D eigenvalue weighted by Crippen LogP contribution is -2.39. The third-order valence-corrected chi connectivity index (χ3v) is 3.73. The summed E-state index contributed by atoms with van der Waals surface area (Å²) in [5.74, 6) is 1.99. The van der Waals surface area contributed by atoms with Crippen LogP contribution in [0.5, 0.6) is 0 Å². The molecule has 20 heavy (non-hydrogen) atoms. The summed E-state index contributed by atoms with van der Waals surface area (Å²) in [5.41, 5.74) is 6.73. The molecule has 3 unspecified atom stereocenters. The monoisotopic (exact) mass is 273 g/mol. The first-order valence-electron chi connectivity index (χ1n) is 6.78. The quantitative estimate of drug-likeness (QED) is 0.903. The smallest absolute Gasteiger partial charge is 0.230 e. The molecule has 0 amide bonds. The van der Waals surface area contributed by atoms with Gasteiger partial charge in [0.05, 0.1) is 6.61 Å². The van der Waals surface area contributed by atoms with Crippen LogP contribution in [-0.2, 0) is 10.3 Å². The zero-order chi connectivity index (χ0) is 14.2. The molecule has 1 aromatic carbocycles. The van der Waals surface area contributed by atoms with Crippen molar-refractivity contribution in [2.24, 2.45) is 5.73 Å². The predicted molar refractivity (Wildman–Crippen MR) is 74.3 cm³/mol. The summed E-state index contributed by atoms with van der Waals surface area (Å²) in [5, 5.41) is 4.00. The van der Waals surface area contributed by atoms with E-state index in [1.807, 2.05) is 13.0 Å². The Morgan fingerprint density at radius 1 is 1.35 bits per heavy atom. The van der Waals surface area contributed by atoms with Gasteiger partial charge < -0.3 is 15.0 Å². The Labute approximate surface area is 118 Å². The van der Waals surface area contributed by atoms with Crippen LogP contribution in [0.4, 0.5) is 0 Å². The predicted octanol–water partition coefficient (Wildman–Crippen LogP) is 2.16. The summed E-state index contributed by atoms with van der Waals surface area (Å²) < 4.78 is 10.5. The molecule has 0 bridgehead atoms. The Hall–Kier alpha value is -1.72. The van der Waals surface area contributed by atoms with E-state index in [0.717, 1.165) is 6.42 Å². The number of nitrogens with two attached hydrogens (primary N) is 1. The molecule has 1 aliphatic carbocycles. The number of aromatic nitrogens is 2. The molecule has 1 aliphatic rings. The van der Waals surface area contributed by atoms with Gasteiger partial charge in [0, 0.05) is 13.0 Å². The van der Waals surface area contributed by atoms with E-state index in [2.05, 4.69) is 34.4 Å². The van der Waals surface area contributed by atoms with Crippen molar-refractivity contribution in [2.45, 2.75) is 30.7 Å². The van der Waals surface area contributed by atoms with E-state index in [9.17, 15) is 0 Å². The second kappa shape index (κ2) is 5.00. The highest BCUT2D eigenvalue weighted by Crippen LogP contribution is 2.54. The highest BCUT2D eigenvalue weighted by atomic mass is 16.5. The van der Waals surface area contributed by atoms with E-state index in [1.54, 1.807) is 7.11 Å². The molecule has 0 spiro atoms. The van der Waals surface area contributed by atoms with Crippen LogP contribution in [0.1, 0.15) is 42.5 Å². The lowest BCUT2D eigenvalue weighted by Gasteiger charge is -2.18. The molecule has 1 fully saturated rings. The van der Waals surface area contributed by atoms with Gasteiger partial charge in [0.1, 0.15) is 5.54 Å². The van der Waals surface area contributed by atoms with Crippen molar-refractivity contribution >= 4 is 0 Å². The first kappa shape index (κ1) is 13.3. The maximum absolute atomic E-state index is 6.12. The van der Waals surface area contributed by atoms with Crippen LogP contribution < -0.4 is 5.73 Å². The minimum atomic E-state index is -0.715. The summed E-state index contributed by atoms with van der Waals surface area (Å²) in [7, 11) is 1.61. The number of benzene rings is 1. The third-order valence-electron chi connectivity index (χ3n) is 3.73. The largest absolute Gasteiger partial charge is 0.382 e. The fourth-order valence-electron chi connectivity index (χ4n) is 2.52. The maximum atomic E-state index is 6.12. The fraction of sp³-hybridized carbons (Fsp3) is 0.467. The van der Waals surface area contributed by atoms with Gasteiger partial charge >= 0.3 is 0 Å². The molecule has 2 aromatic rings. The topological polar surface area (TPSA) is 74.2 Å². The SMILES string of the molecule is COCC(C)(N)c1noc(C2CC2c2ccccc2)n1. The van der Waals surface area contributed by atoms with Crippen molar-refractivity contribution in [2.75, 3.05) is 13.7 Å². The molecule has 106 valence electrons. The van der Waals surface area contributed by atoms with Gasteiger partial charge in [0.2, 0.25) is 5.89 Å². The van der Waals surface area contributed by atoms with Gasteiger partial charge in [-0.1, -0.05) is 35.5 Å². The summed E-state index contributed by atoms with van der Waals surface area (Å²) in [6, 6.07) is 10.4. The molecule has 1 aromatic heterocycles. The minimum absolute atomic E-state index is 0.317. The molecule has 3 atom stereocenters. The van der Waals surface area contributed by atoms with Crippen LogP contribution in [-0.4, -0.2) is 23.9 Å². The van der Waals surface area contributed by atoms with Crippen LogP contribution >= 0.6 is 0 Å². The normalized spacial score (nSPS) is 24.4. The van der Waals surface area contributed by atoms with E-state index >= 15 is 0 Å². The average Bonchev–Trinajstić information content (AvgIpc) is 3.08. The summed E-state index contributed by atoms with van der Waals surface area (Å²) in [6.07, 6.45) is 1.05. The van der Waals surface area contributed by atoms with E-state index in [4.69, 9.17) is 15.0 Å². The van der Waals surface area contributed by atoms with E-state index in [0.29, 0.717) is 30.2 Å². The standard InChI is InChI=1S/C15H19N3O2/c1-15(16,9-19-2)14-17-13(20-18-14)12-8-11(12)10-6-4-3-5-7-10/h3-7,11-12H,8-9,16H2,1-2H3. The van der Waals surface area contributed by atoms with Crippen LogP contribution in [0.2, 0.25) is 0 Å². The average molecular weight is 273 g/mol. The first-order chi connectivity index (χ1) is 9.62. The van der Waals surface area contributed by atoms with Gasteiger partial charge in [-0.2, -0.15) is 4.98 Å². The van der Waals surface area contributed by atoms with E-state index in [1.165, 1.54) is 5.56 Å². The number of rotatable bonds is 5. The maximum Gasteiger partial charge on any atom is 0.230 e. The first-order valence-corrected chi connectivity index (χ1v) is 6.78. The zero-order valence-electron chi connectivity index (χ0n) is 11.7. The van der Waals surface area contributed by atoms with Gasteiger partial charge in [-0.3, -0.25) is 0 Å². The molecule has 5 nitrogen and oxygen atoms in total. The lowest BCUT2D eigenvalue weighted by atomic mass is 10.1. The Bertz CT molecular complexity index is 580. The van der Waals surface area contributed by atoms with Crippen molar-refractivity contribution in [3.63, 3.8) is 0 Å². The Kier molecular flexibility index (Phi) is 3.31. The van der Waals surface area contributed by atoms with Gasteiger partial charge in [-0.05, 0) is 24.8 Å². The van der Waals surface area contributed by atoms with Crippen molar-refractivity contribution < 1.29 is 9.26 Å². The molecule has 5 heteroatoms. The van der Waals surface area contributed by atoms with Crippen molar-refractivity contribution in [3.05, 3.63) is 47.6 Å². The zero-order valence-corrected chi connectivity index (χ0v) is 11.7. The molecule has 3 rings (SSSR count). The van der Waals surface area contributed by atoms with Crippen molar-refractivity contribution in [1.82, 2.24) is 10.1 Å². The lowest BCUT2D eigenvalue weighted by molar-refractivity contribution is 0.135. The molecule has 0 aliphatic heterocycles. The Morgan fingerprint density at radius 2 is 2.10 bits per heavy atom. The van der Waals surface area contributed by atoms with E-state index in [-0.39, 0.29) is 0 Å². The van der Waals surface area contributed by atoms with Crippen LogP contribution in [0.25, 0.3) is 0 Å². The molecular formula is C15H19N3O2. The van der Waals surface area contributed by atoms with E-state index < -0.39 is 5.54 Å². The molecule has 1 saturated carbocycles. The van der Waals surface area contributed by atoms with Gasteiger partial charge in [-0.25, -0.2) is 0 Å². The third kappa shape index (κ3) is 2.46. The van der Waals surface area contributed by atoms with Gasteiger partial charge in [0.25, 0.3) is 0 Å². The molecule has 2 N–H and O–H groups in total. The molecule has 0 radical (unpaired) electrons.